The number of aryl methyl sites for hydroxylation is 1. The van der Waals surface area contributed by atoms with E-state index in [1.807, 2.05) is 36.1 Å². The molecule has 1 aromatic heterocycles. The van der Waals surface area contributed by atoms with Crippen LogP contribution in [0.15, 0.2) is 47.1 Å². The number of carbonyl (C=O) groups is 1. The highest BCUT2D eigenvalue weighted by molar-refractivity contribution is 5.91. The van der Waals surface area contributed by atoms with Crippen molar-refractivity contribution in [2.75, 3.05) is 19.6 Å². The van der Waals surface area contributed by atoms with Gasteiger partial charge in [-0.25, -0.2) is 0 Å². The summed E-state index contributed by atoms with van der Waals surface area (Å²) in [6.45, 7) is 3.95. The smallest absolute Gasteiger partial charge is 0.289 e. The fourth-order valence-corrected chi connectivity index (χ4v) is 3.19. The molecule has 1 aromatic carbocycles. The summed E-state index contributed by atoms with van der Waals surface area (Å²) in [6, 6.07) is 11.7. The molecule has 1 fully saturated rings. The Balaban J connectivity index is 1.46. The van der Waals surface area contributed by atoms with Gasteiger partial charge in [-0.05, 0) is 43.0 Å². The lowest BCUT2D eigenvalue weighted by atomic mass is 10.0. The van der Waals surface area contributed by atoms with Crippen molar-refractivity contribution >= 4 is 5.91 Å². The van der Waals surface area contributed by atoms with Crippen LogP contribution in [0.3, 0.4) is 0 Å². The second-order valence-electron chi connectivity index (χ2n) is 6.32. The summed E-state index contributed by atoms with van der Waals surface area (Å²) in [4.78, 5) is 14.1. The Kier molecular flexibility index (Phi) is 5.33. The molecular formula is C19H24N2O3. The van der Waals surface area contributed by atoms with Gasteiger partial charge in [-0.2, -0.15) is 0 Å². The number of benzene rings is 1. The molecule has 3 rings (SSSR count). The van der Waals surface area contributed by atoms with Crippen LogP contribution < -0.4 is 5.32 Å². The summed E-state index contributed by atoms with van der Waals surface area (Å²) < 4.78 is 5.17. The van der Waals surface area contributed by atoms with Crippen LogP contribution in [0.4, 0.5) is 0 Å². The molecule has 1 aliphatic heterocycles. The number of piperidine rings is 1. The summed E-state index contributed by atoms with van der Waals surface area (Å²) in [5, 5.41) is 13.8. The lowest BCUT2D eigenvalue weighted by Gasteiger charge is -2.32. The fourth-order valence-electron chi connectivity index (χ4n) is 3.19. The minimum absolute atomic E-state index is 0.0432. The second kappa shape index (κ2) is 7.64. The van der Waals surface area contributed by atoms with Crippen LogP contribution >= 0.6 is 0 Å². The van der Waals surface area contributed by atoms with Crippen molar-refractivity contribution in [2.24, 2.45) is 0 Å². The normalized spacial score (nSPS) is 17.0. The van der Waals surface area contributed by atoms with E-state index < -0.39 is 6.10 Å². The minimum atomic E-state index is -0.506. The average molecular weight is 328 g/mol. The van der Waals surface area contributed by atoms with E-state index in [0.717, 1.165) is 24.0 Å². The van der Waals surface area contributed by atoms with Gasteiger partial charge >= 0.3 is 0 Å². The van der Waals surface area contributed by atoms with Gasteiger partial charge in [-0.15, -0.1) is 0 Å². The summed E-state index contributed by atoms with van der Waals surface area (Å²) in [6.07, 6.45) is 2.78. The summed E-state index contributed by atoms with van der Waals surface area (Å²) in [7, 11) is 0. The molecule has 5 heteroatoms. The van der Waals surface area contributed by atoms with Crippen LogP contribution in [0.25, 0.3) is 0 Å². The molecule has 2 aromatic rings. The maximum atomic E-state index is 12.2. The molecule has 128 valence electrons. The van der Waals surface area contributed by atoms with Gasteiger partial charge in [-0.1, -0.05) is 24.3 Å². The number of likely N-dealkylation sites (tertiary alicyclic amines) is 1. The van der Waals surface area contributed by atoms with Crippen LogP contribution in [0.1, 0.15) is 40.6 Å². The van der Waals surface area contributed by atoms with Gasteiger partial charge in [0.15, 0.2) is 5.76 Å². The topological polar surface area (TPSA) is 65.7 Å². The first-order valence-corrected chi connectivity index (χ1v) is 8.45. The Hall–Kier alpha value is -2.11. The third-order valence-electron chi connectivity index (χ3n) is 4.66. The van der Waals surface area contributed by atoms with Crippen LogP contribution in [-0.4, -0.2) is 41.6 Å². The molecule has 0 radical (unpaired) electrons. The molecule has 1 atom stereocenters. The number of hydrogen-bond donors (Lipinski definition) is 2. The highest BCUT2D eigenvalue weighted by Gasteiger charge is 2.25. The first-order valence-electron chi connectivity index (χ1n) is 8.45. The maximum Gasteiger partial charge on any atom is 0.289 e. The molecule has 2 N–H and O–H groups in total. The number of nitrogens with one attached hydrogen (secondary N) is 1. The van der Waals surface area contributed by atoms with E-state index in [0.29, 0.717) is 31.4 Å². The van der Waals surface area contributed by atoms with Crippen LogP contribution in [-0.2, 0) is 0 Å². The highest BCUT2D eigenvalue weighted by atomic mass is 16.3. The number of furan rings is 1. The third kappa shape index (κ3) is 3.86. The Morgan fingerprint density at radius 1 is 1.29 bits per heavy atom. The summed E-state index contributed by atoms with van der Waals surface area (Å²) in [5.74, 6) is 0.356. The number of aliphatic hydroxyl groups is 1. The predicted octanol–water partition coefficient (Wildman–Crippen LogP) is 2.52. The first-order chi connectivity index (χ1) is 11.6. The Bertz CT molecular complexity index is 661. The Morgan fingerprint density at radius 3 is 2.71 bits per heavy atom. The van der Waals surface area contributed by atoms with Gasteiger partial charge < -0.3 is 19.7 Å². The van der Waals surface area contributed by atoms with Crippen molar-refractivity contribution in [3.8, 4) is 0 Å². The highest BCUT2D eigenvalue weighted by Crippen LogP contribution is 2.18. The molecule has 0 bridgehead atoms. The van der Waals surface area contributed by atoms with Crippen molar-refractivity contribution < 1.29 is 14.3 Å². The monoisotopic (exact) mass is 328 g/mol. The average Bonchev–Trinajstić information content (AvgIpc) is 3.14. The van der Waals surface area contributed by atoms with E-state index in [-0.39, 0.29) is 5.91 Å². The molecular weight excluding hydrogens is 304 g/mol. The molecule has 24 heavy (non-hydrogen) atoms. The van der Waals surface area contributed by atoms with E-state index in [2.05, 4.69) is 5.32 Å². The lowest BCUT2D eigenvalue weighted by molar-refractivity contribution is 0.0666. The summed E-state index contributed by atoms with van der Waals surface area (Å²) in [5.41, 5.74) is 2.07. The van der Waals surface area contributed by atoms with E-state index in [4.69, 9.17) is 4.42 Å². The van der Waals surface area contributed by atoms with E-state index >= 15 is 0 Å². The number of hydrogen-bond acceptors (Lipinski definition) is 4. The van der Waals surface area contributed by atoms with E-state index in [9.17, 15) is 9.90 Å². The van der Waals surface area contributed by atoms with E-state index in [1.54, 1.807) is 12.1 Å². The molecule has 1 aliphatic rings. The fraction of sp³-hybridized carbons (Fsp3) is 0.421. The number of amides is 1. The summed E-state index contributed by atoms with van der Waals surface area (Å²) >= 11 is 0. The molecule has 0 spiro atoms. The lowest BCUT2D eigenvalue weighted by Crippen LogP contribution is -2.45. The molecule has 5 nitrogen and oxygen atoms in total. The molecule has 1 unspecified atom stereocenters. The Labute approximate surface area is 142 Å². The van der Waals surface area contributed by atoms with Gasteiger partial charge in [0, 0.05) is 25.7 Å². The third-order valence-corrected chi connectivity index (χ3v) is 4.66. The number of rotatable bonds is 5. The van der Waals surface area contributed by atoms with Crippen molar-refractivity contribution in [3.05, 3.63) is 59.5 Å². The van der Waals surface area contributed by atoms with Gasteiger partial charge in [0.25, 0.3) is 5.91 Å². The van der Waals surface area contributed by atoms with Crippen molar-refractivity contribution in [3.63, 3.8) is 0 Å². The van der Waals surface area contributed by atoms with Crippen molar-refractivity contribution in [1.82, 2.24) is 10.2 Å². The van der Waals surface area contributed by atoms with Gasteiger partial charge in [0.05, 0.1) is 12.4 Å². The molecule has 0 aliphatic carbocycles. The largest absolute Gasteiger partial charge is 0.459 e. The SMILES string of the molecule is Cc1ccccc1C(O)CNC1CCN(C(=O)c2ccco2)CC1. The minimum Gasteiger partial charge on any atom is -0.459 e. The van der Waals surface area contributed by atoms with Gasteiger partial charge in [-0.3, -0.25) is 4.79 Å². The predicted molar refractivity (Wildman–Crippen MR) is 91.8 cm³/mol. The zero-order chi connectivity index (χ0) is 16.9. The van der Waals surface area contributed by atoms with Crippen molar-refractivity contribution in [2.45, 2.75) is 31.9 Å². The Morgan fingerprint density at radius 2 is 2.04 bits per heavy atom. The zero-order valence-electron chi connectivity index (χ0n) is 13.9. The van der Waals surface area contributed by atoms with Gasteiger partial charge in [0.2, 0.25) is 0 Å². The zero-order valence-corrected chi connectivity index (χ0v) is 13.9. The number of nitrogens with zero attached hydrogens (tertiary/aromatic N) is 1. The van der Waals surface area contributed by atoms with E-state index in [1.165, 1.54) is 6.26 Å². The molecule has 0 saturated carbocycles. The van der Waals surface area contributed by atoms with Crippen LogP contribution in [0.2, 0.25) is 0 Å². The number of carbonyl (C=O) groups excluding carboxylic acids is 1. The quantitative estimate of drug-likeness (QED) is 0.885. The number of aliphatic hydroxyl groups excluding tert-OH is 1. The first kappa shape index (κ1) is 16.7. The van der Waals surface area contributed by atoms with Gasteiger partial charge in [0.1, 0.15) is 0 Å². The standard InChI is InChI=1S/C19H24N2O3/c1-14-5-2-3-6-16(14)17(22)13-20-15-8-10-21(11-9-15)19(23)18-7-4-12-24-18/h2-7,12,15,17,20,22H,8-11,13H2,1H3. The maximum absolute atomic E-state index is 12.2. The molecule has 1 amide bonds. The second-order valence-corrected chi connectivity index (χ2v) is 6.32. The molecule has 1 saturated heterocycles. The van der Waals surface area contributed by atoms with Crippen LogP contribution in [0.5, 0.6) is 0 Å². The van der Waals surface area contributed by atoms with Crippen LogP contribution in [0, 0.1) is 6.92 Å². The molecule has 2 heterocycles. The van der Waals surface area contributed by atoms with Crippen molar-refractivity contribution in [1.29, 1.82) is 0 Å².